The van der Waals surface area contributed by atoms with Crippen molar-refractivity contribution in [3.8, 4) is 0 Å². The molecule has 8 heteroatoms. The zero-order valence-corrected chi connectivity index (χ0v) is 10.2. The molecule has 0 saturated heterocycles. The fraction of sp³-hybridized carbons (Fsp3) is 0.364. The van der Waals surface area contributed by atoms with E-state index in [0.29, 0.717) is 12.1 Å². The molecule has 0 spiro atoms. The lowest BCUT2D eigenvalue weighted by Crippen LogP contribution is -2.20. The van der Waals surface area contributed by atoms with Crippen LogP contribution in [0.2, 0.25) is 0 Å². The summed E-state index contributed by atoms with van der Waals surface area (Å²) in [5.41, 5.74) is -1.50. The lowest BCUT2D eigenvalue weighted by atomic mass is 10.1. The Morgan fingerprint density at radius 2 is 2.00 bits per heavy atom. The molecule has 6 nitrogen and oxygen atoms in total. The number of halogens is 2. The minimum Gasteiger partial charge on any atom is -0.456 e. The molecule has 0 N–H and O–H groups in total. The first-order chi connectivity index (χ1) is 8.86. The summed E-state index contributed by atoms with van der Waals surface area (Å²) in [4.78, 5) is 21.3. The molecule has 1 rings (SSSR count). The number of ether oxygens (including phenoxy) is 2. The summed E-state index contributed by atoms with van der Waals surface area (Å²) in [7, 11) is 1.38. The standard InChI is InChI=1S/C11H11F2NO5/c1-6(5-18-2)19-11(15)7-3-8(12)9(13)4-10(7)14(16)17/h3-4,6H,5H2,1-2H3. The molecule has 0 aliphatic heterocycles. The highest BCUT2D eigenvalue weighted by molar-refractivity contribution is 5.94. The predicted molar refractivity (Wildman–Crippen MR) is 59.8 cm³/mol. The van der Waals surface area contributed by atoms with Gasteiger partial charge in [0.2, 0.25) is 0 Å². The Balaban J connectivity index is 3.08. The van der Waals surface area contributed by atoms with Gasteiger partial charge in [-0.2, -0.15) is 0 Å². The Labute approximate surface area is 107 Å². The molecule has 1 aromatic rings. The number of carbonyl (C=O) groups is 1. The van der Waals surface area contributed by atoms with Crippen molar-refractivity contribution in [3.63, 3.8) is 0 Å². The summed E-state index contributed by atoms with van der Waals surface area (Å²) in [6, 6.07) is 0.780. The Hall–Kier alpha value is -2.09. The number of benzene rings is 1. The van der Waals surface area contributed by atoms with Crippen LogP contribution in [0.1, 0.15) is 17.3 Å². The van der Waals surface area contributed by atoms with Crippen LogP contribution < -0.4 is 0 Å². The van der Waals surface area contributed by atoms with Crippen LogP contribution in [0.3, 0.4) is 0 Å². The molecule has 1 aromatic carbocycles. The normalized spacial score (nSPS) is 12.0. The second-order valence-electron chi connectivity index (χ2n) is 3.71. The van der Waals surface area contributed by atoms with Gasteiger partial charge in [0.05, 0.1) is 17.6 Å². The van der Waals surface area contributed by atoms with Crippen molar-refractivity contribution in [3.05, 3.63) is 39.4 Å². The van der Waals surface area contributed by atoms with E-state index >= 15 is 0 Å². The summed E-state index contributed by atoms with van der Waals surface area (Å²) < 4.78 is 35.5. The summed E-state index contributed by atoms with van der Waals surface area (Å²) in [6.07, 6.45) is -0.676. The number of methoxy groups -OCH3 is 1. The van der Waals surface area contributed by atoms with Crippen LogP contribution in [0.15, 0.2) is 12.1 Å². The van der Waals surface area contributed by atoms with E-state index in [1.54, 1.807) is 0 Å². The molecule has 0 aliphatic rings. The van der Waals surface area contributed by atoms with Gasteiger partial charge >= 0.3 is 5.97 Å². The monoisotopic (exact) mass is 275 g/mol. The van der Waals surface area contributed by atoms with E-state index in [1.807, 2.05) is 0 Å². The maximum atomic E-state index is 13.0. The van der Waals surface area contributed by atoms with E-state index in [-0.39, 0.29) is 6.61 Å². The van der Waals surface area contributed by atoms with E-state index < -0.39 is 39.9 Å². The van der Waals surface area contributed by atoms with E-state index in [1.165, 1.54) is 14.0 Å². The third-order valence-corrected chi connectivity index (χ3v) is 2.16. The highest BCUT2D eigenvalue weighted by atomic mass is 19.2. The minimum atomic E-state index is -1.41. The van der Waals surface area contributed by atoms with Gasteiger partial charge in [-0.3, -0.25) is 10.1 Å². The molecule has 1 atom stereocenters. The number of esters is 1. The number of hydrogen-bond donors (Lipinski definition) is 0. The third kappa shape index (κ3) is 3.68. The van der Waals surface area contributed by atoms with Crippen LogP contribution in [0.5, 0.6) is 0 Å². The summed E-state index contributed by atoms with van der Waals surface area (Å²) in [5, 5.41) is 10.7. The van der Waals surface area contributed by atoms with Crippen LogP contribution in [-0.4, -0.2) is 30.7 Å². The number of rotatable bonds is 5. The van der Waals surface area contributed by atoms with Gasteiger partial charge in [-0.1, -0.05) is 0 Å². The maximum absolute atomic E-state index is 13.0. The second kappa shape index (κ2) is 6.19. The Morgan fingerprint density at radius 3 is 2.53 bits per heavy atom. The van der Waals surface area contributed by atoms with Crippen molar-refractivity contribution in [2.24, 2.45) is 0 Å². The van der Waals surface area contributed by atoms with Crippen LogP contribution in [0, 0.1) is 21.7 Å². The van der Waals surface area contributed by atoms with Gasteiger partial charge in [0.15, 0.2) is 11.6 Å². The molecule has 0 radical (unpaired) electrons. The highest BCUT2D eigenvalue weighted by Crippen LogP contribution is 2.23. The number of carbonyl (C=O) groups excluding carboxylic acids is 1. The molecule has 1 unspecified atom stereocenters. The topological polar surface area (TPSA) is 78.7 Å². The van der Waals surface area contributed by atoms with E-state index in [2.05, 4.69) is 0 Å². The average molecular weight is 275 g/mol. The molecule has 0 aliphatic carbocycles. The lowest BCUT2D eigenvalue weighted by Gasteiger charge is -2.12. The summed E-state index contributed by atoms with van der Waals surface area (Å²) in [6.45, 7) is 1.57. The highest BCUT2D eigenvalue weighted by Gasteiger charge is 2.26. The second-order valence-corrected chi connectivity index (χ2v) is 3.71. The van der Waals surface area contributed by atoms with Crippen LogP contribution >= 0.6 is 0 Å². The van der Waals surface area contributed by atoms with Crippen LogP contribution in [-0.2, 0) is 9.47 Å². The largest absolute Gasteiger partial charge is 0.456 e. The molecule has 0 heterocycles. The molecule has 0 saturated carbocycles. The predicted octanol–water partition coefficient (Wildman–Crippen LogP) is 2.06. The molecule has 0 amide bonds. The third-order valence-electron chi connectivity index (χ3n) is 2.16. The van der Waals surface area contributed by atoms with Crippen molar-refractivity contribution >= 4 is 11.7 Å². The zero-order chi connectivity index (χ0) is 14.6. The fourth-order valence-corrected chi connectivity index (χ4v) is 1.37. The van der Waals surface area contributed by atoms with E-state index in [4.69, 9.17) is 9.47 Å². The molecule has 0 bridgehead atoms. The van der Waals surface area contributed by atoms with Crippen molar-refractivity contribution in [2.45, 2.75) is 13.0 Å². The molecular formula is C11H11F2NO5. The summed E-state index contributed by atoms with van der Waals surface area (Å²) in [5.74, 6) is -3.89. The Morgan fingerprint density at radius 1 is 1.42 bits per heavy atom. The quantitative estimate of drug-likeness (QED) is 0.467. The molecule has 0 fully saturated rings. The van der Waals surface area contributed by atoms with Gasteiger partial charge in [-0.25, -0.2) is 13.6 Å². The number of nitrogens with zero attached hydrogens (tertiary/aromatic N) is 1. The maximum Gasteiger partial charge on any atom is 0.345 e. The van der Waals surface area contributed by atoms with Crippen LogP contribution in [0.25, 0.3) is 0 Å². The molecule has 0 aromatic heterocycles. The van der Waals surface area contributed by atoms with Gasteiger partial charge in [-0.15, -0.1) is 0 Å². The van der Waals surface area contributed by atoms with Gasteiger partial charge in [0.25, 0.3) is 5.69 Å². The number of hydrogen-bond acceptors (Lipinski definition) is 5. The first-order valence-electron chi connectivity index (χ1n) is 5.20. The first kappa shape index (κ1) is 15.0. The zero-order valence-electron chi connectivity index (χ0n) is 10.2. The Bertz CT molecular complexity index is 506. The van der Waals surface area contributed by atoms with E-state index in [9.17, 15) is 23.7 Å². The SMILES string of the molecule is COCC(C)OC(=O)c1cc(F)c(F)cc1[N+](=O)[O-]. The molecule has 104 valence electrons. The van der Waals surface area contributed by atoms with Crippen LogP contribution in [0.4, 0.5) is 14.5 Å². The lowest BCUT2D eigenvalue weighted by molar-refractivity contribution is -0.385. The Kier molecular flexibility index (Phi) is 4.87. The van der Waals surface area contributed by atoms with Crippen molar-refractivity contribution in [1.82, 2.24) is 0 Å². The van der Waals surface area contributed by atoms with E-state index in [0.717, 1.165) is 0 Å². The van der Waals surface area contributed by atoms with Gasteiger partial charge < -0.3 is 9.47 Å². The molecular weight excluding hydrogens is 264 g/mol. The van der Waals surface area contributed by atoms with Gasteiger partial charge in [-0.05, 0) is 13.0 Å². The van der Waals surface area contributed by atoms with Crippen molar-refractivity contribution < 1.29 is 28.0 Å². The van der Waals surface area contributed by atoms with Crippen molar-refractivity contribution in [2.75, 3.05) is 13.7 Å². The smallest absolute Gasteiger partial charge is 0.345 e. The average Bonchev–Trinajstić information content (AvgIpc) is 2.31. The number of nitro benzene ring substituents is 1. The number of nitro groups is 1. The van der Waals surface area contributed by atoms with Crippen molar-refractivity contribution in [1.29, 1.82) is 0 Å². The fourth-order valence-electron chi connectivity index (χ4n) is 1.37. The van der Waals surface area contributed by atoms with Gasteiger partial charge in [0.1, 0.15) is 11.7 Å². The minimum absolute atomic E-state index is 0.0726. The summed E-state index contributed by atoms with van der Waals surface area (Å²) >= 11 is 0. The molecule has 19 heavy (non-hydrogen) atoms. The first-order valence-corrected chi connectivity index (χ1v) is 5.20. The van der Waals surface area contributed by atoms with Gasteiger partial charge in [0, 0.05) is 7.11 Å².